The maximum Gasteiger partial charge on any atom is 0.0616 e. The van der Waals surface area contributed by atoms with E-state index < -0.39 is 0 Å². The third kappa shape index (κ3) is 2.99. The molecule has 1 atom stereocenters. The molecule has 0 fully saturated rings. The van der Waals surface area contributed by atoms with Gasteiger partial charge in [0.1, 0.15) is 0 Å². The van der Waals surface area contributed by atoms with E-state index in [9.17, 15) is 0 Å². The average molecular weight is 260 g/mol. The van der Waals surface area contributed by atoms with Crippen molar-refractivity contribution in [1.29, 1.82) is 0 Å². The van der Waals surface area contributed by atoms with Crippen molar-refractivity contribution < 1.29 is 4.74 Å². The molecule has 3 nitrogen and oxygen atoms in total. The van der Waals surface area contributed by atoms with Crippen LogP contribution in [0.25, 0.3) is 10.9 Å². The number of aryl methyl sites for hydroxylation is 2. The van der Waals surface area contributed by atoms with Crippen molar-refractivity contribution in [3.63, 3.8) is 0 Å². The first-order chi connectivity index (χ1) is 9.15. The molecule has 1 unspecified atom stereocenters. The van der Waals surface area contributed by atoms with Crippen LogP contribution in [0.3, 0.4) is 0 Å². The van der Waals surface area contributed by atoms with E-state index in [0.29, 0.717) is 6.04 Å². The van der Waals surface area contributed by atoms with Gasteiger partial charge in [0, 0.05) is 42.8 Å². The van der Waals surface area contributed by atoms with Gasteiger partial charge in [-0.15, -0.1) is 0 Å². The van der Waals surface area contributed by atoms with Crippen LogP contribution in [0.4, 0.5) is 0 Å². The Labute approximate surface area is 115 Å². The zero-order chi connectivity index (χ0) is 13.8. The van der Waals surface area contributed by atoms with Crippen LogP contribution < -0.4 is 5.32 Å². The van der Waals surface area contributed by atoms with Gasteiger partial charge in [0.05, 0.1) is 6.61 Å². The molecule has 0 bridgehead atoms. The second kappa shape index (κ2) is 6.22. The molecule has 0 aliphatic heterocycles. The Hall–Kier alpha value is -1.32. The fourth-order valence-corrected chi connectivity index (χ4v) is 2.51. The van der Waals surface area contributed by atoms with Gasteiger partial charge in [-0.1, -0.05) is 18.2 Å². The molecule has 104 valence electrons. The Bertz CT molecular complexity index is 506. The zero-order valence-corrected chi connectivity index (χ0v) is 12.4. The molecule has 1 heterocycles. The number of para-hydroxylation sites is 1. The van der Waals surface area contributed by atoms with Crippen molar-refractivity contribution in [2.24, 2.45) is 7.05 Å². The number of benzene rings is 1. The summed E-state index contributed by atoms with van der Waals surface area (Å²) in [6.45, 7) is 8.81. The summed E-state index contributed by atoms with van der Waals surface area (Å²) >= 11 is 0. The number of rotatable bonds is 6. The molecule has 3 heteroatoms. The molecular weight excluding hydrogens is 236 g/mol. The predicted molar refractivity (Wildman–Crippen MR) is 80.5 cm³/mol. The molecule has 0 aliphatic rings. The van der Waals surface area contributed by atoms with E-state index in [4.69, 9.17) is 4.74 Å². The minimum Gasteiger partial charge on any atom is -0.380 e. The number of hydrogen-bond donors (Lipinski definition) is 1. The average Bonchev–Trinajstić information content (AvgIpc) is 2.67. The zero-order valence-electron chi connectivity index (χ0n) is 12.4. The molecule has 0 radical (unpaired) electrons. The van der Waals surface area contributed by atoms with Crippen molar-refractivity contribution in [2.45, 2.75) is 33.4 Å². The Morgan fingerprint density at radius 1 is 1.32 bits per heavy atom. The molecule has 0 spiro atoms. The van der Waals surface area contributed by atoms with Crippen molar-refractivity contribution in [3.8, 4) is 0 Å². The van der Waals surface area contributed by atoms with Crippen LogP contribution in [-0.4, -0.2) is 23.8 Å². The summed E-state index contributed by atoms with van der Waals surface area (Å²) < 4.78 is 7.72. The third-order valence-corrected chi connectivity index (χ3v) is 3.70. The monoisotopic (exact) mass is 260 g/mol. The molecule has 1 aromatic heterocycles. The van der Waals surface area contributed by atoms with Crippen molar-refractivity contribution >= 4 is 10.9 Å². The number of hydrogen-bond acceptors (Lipinski definition) is 2. The maximum atomic E-state index is 5.43. The van der Waals surface area contributed by atoms with E-state index in [1.807, 2.05) is 6.92 Å². The number of ether oxygens (including phenoxy) is 1. The van der Waals surface area contributed by atoms with Gasteiger partial charge in [-0.2, -0.15) is 0 Å². The SMILES string of the molecule is CCOCC(C)NCc1c(C)c2ccccc2n1C. The van der Waals surface area contributed by atoms with E-state index in [1.54, 1.807) is 0 Å². The largest absolute Gasteiger partial charge is 0.380 e. The molecule has 0 saturated carbocycles. The smallest absolute Gasteiger partial charge is 0.0616 e. The first-order valence-electron chi connectivity index (χ1n) is 6.99. The first-order valence-corrected chi connectivity index (χ1v) is 6.99. The van der Waals surface area contributed by atoms with Gasteiger partial charge in [0.15, 0.2) is 0 Å². The van der Waals surface area contributed by atoms with Gasteiger partial charge in [0.2, 0.25) is 0 Å². The number of fused-ring (bicyclic) bond motifs is 1. The van der Waals surface area contributed by atoms with Crippen molar-refractivity contribution in [3.05, 3.63) is 35.5 Å². The number of nitrogens with one attached hydrogen (secondary N) is 1. The van der Waals surface area contributed by atoms with Crippen LogP contribution in [0.1, 0.15) is 25.1 Å². The third-order valence-electron chi connectivity index (χ3n) is 3.70. The second-order valence-electron chi connectivity index (χ2n) is 5.09. The maximum absolute atomic E-state index is 5.43. The summed E-state index contributed by atoms with van der Waals surface area (Å²) in [5, 5.41) is 4.88. The molecule has 0 saturated heterocycles. The van der Waals surface area contributed by atoms with Gasteiger partial charge in [-0.3, -0.25) is 0 Å². The van der Waals surface area contributed by atoms with Gasteiger partial charge >= 0.3 is 0 Å². The summed E-state index contributed by atoms with van der Waals surface area (Å²) in [5.41, 5.74) is 4.02. The lowest BCUT2D eigenvalue weighted by Gasteiger charge is -2.14. The molecule has 1 aromatic carbocycles. The van der Waals surface area contributed by atoms with Gasteiger partial charge in [-0.25, -0.2) is 0 Å². The lowest BCUT2D eigenvalue weighted by Crippen LogP contribution is -2.30. The van der Waals surface area contributed by atoms with Crippen molar-refractivity contribution in [2.75, 3.05) is 13.2 Å². The fraction of sp³-hybridized carbons (Fsp3) is 0.500. The summed E-state index contributed by atoms with van der Waals surface area (Å²) in [6.07, 6.45) is 0. The Morgan fingerprint density at radius 3 is 2.74 bits per heavy atom. The summed E-state index contributed by atoms with van der Waals surface area (Å²) in [7, 11) is 2.14. The Balaban J connectivity index is 2.12. The van der Waals surface area contributed by atoms with Crippen LogP contribution >= 0.6 is 0 Å². The fourth-order valence-electron chi connectivity index (χ4n) is 2.51. The van der Waals surface area contributed by atoms with Gasteiger partial charge in [-0.05, 0) is 32.4 Å². The predicted octanol–water partition coefficient (Wildman–Crippen LogP) is 3.00. The normalized spacial score (nSPS) is 13.1. The molecule has 2 rings (SSSR count). The van der Waals surface area contributed by atoms with Crippen LogP contribution in [-0.2, 0) is 18.3 Å². The van der Waals surface area contributed by atoms with E-state index in [2.05, 4.69) is 55.0 Å². The van der Waals surface area contributed by atoms with E-state index >= 15 is 0 Å². The van der Waals surface area contributed by atoms with Gasteiger partial charge < -0.3 is 14.6 Å². The molecule has 0 aliphatic carbocycles. The van der Waals surface area contributed by atoms with Gasteiger partial charge in [0.25, 0.3) is 0 Å². The second-order valence-corrected chi connectivity index (χ2v) is 5.09. The van der Waals surface area contributed by atoms with Crippen molar-refractivity contribution in [1.82, 2.24) is 9.88 Å². The molecule has 0 amide bonds. The molecule has 19 heavy (non-hydrogen) atoms. The van der Waals surface area contributed by atoms with E-state index in [-0.39, 0.29) is 0 Å². The minimum atomic E-state index is 0.373. The van der Waals surface area contributed by atoms with Crippen LogP contribution in [0.15, 0.2) is 24.3 Å². The quantitative estimate of drug-likeness (QED) is 0.864. The lowest BCUT2D eigenvalue weighted by atomic mass is 10.1. The van der Waals surface area contributed by atoms with E-state index in [0.717, 1.165) is 19.8 Å². The Kier molecular flexibility index (Phi) is 4.61. The van der Waals surface area contributed by atoms with Crippen LogP contribution in [0.2, 0.25) is 0 Å². The molecule has 2 aromatic rings. The van der Waals surface area contributed by atoms with Crippen LogP contribution in [0, 0.1) is 6.92 Å². The summed E-state index contributed by atoms with van der Waals surface area (Å²) in [5.74, 6) is 0. The Morgan fingerprint density at radius 2 is 2.05 bits per heavy atom. The van der Waals surface area contributed by atoms with Crippen LogP contribution in [0.5, 0.6) is 0 Å². The highest BCUT2D eigenvalue weighted by molar-refractivity contribution is 5.85. The highest BCUT2D eigenvalue weighted by atomic mass is 16.5. The first kappa shape index (κ1) is 14.1. The topological polar surface area (TPSA) is 26.2 Å². The summed E-state index contributed by atoms with van der Waals surface area (Å²) in [6, 6.07) is 8.94. The summed E-state index contributed by atoms with van der Waals surface area (Å²) in [4.78, 5) is 0. The minimum absolute atomic E-state index is 0.373. The number of nitrogens with zero attached hydrogens (tertiary/aromatic N) is 1. The number of aromatic nitrogens is 1. The van der Waals surface area contributed by atoms with E-state index in [1.165, 1.54) is 22.2 Å². The highest BCUT2D eigenvalue weighted by Crippen LogP contribution is 2.24. The molecule has 1 N–H and O–H groups in total. The highest BCUT2D eigenvalue weighted by Gasteiger charge is 2.11. The molecular formula is C16H24N2O. The lowest BCUT2D eigenvalue weighted by molar-refractivity contribution is 0.127. The standard InChI is InChI=1S/C16H24N2O/c1-5-19-11-12(2)17-10-16-13(3)14-8-6-7-9-15(14)18(16)4/h6-9,12,17H,5,10-11H2,1-4H3.